The van der Waals surface area contributed by atoms with Crippen LogP contribution in [0.1, 0.15) is 44.2 Å². The fourth-order valence-corrected chi connectivity index (χ4v) is 4.60. The minimum absolute atomic E-state index is 0.0617. The predicted molar refractivity (Wildman–Crippen MR) is 111 cm³/mol. The van der Waals surface area contributed by atoms with Crippen molar-refractivity contribution < 1.29 is 14.5 Å². The fraction of sp³-hybridized carbons (Fsp3) is 0.348. The van der Waals surface area contributed by atoms with Gasteiger partial charge < -0.3 is 9.64 Å². The zero-order valence-electron chi connectivity index (χ0n) is 16.4. The lowest BCUT2D eigenvalue weighted by molar-refractivity contribution is -0.384. The standard InChI is InChI=1S/C23H24N2O4/c1-2-29-23(26)21-19-10-6-7-11-20(19)24(22(21)16-8-4-3-5-9-16)17-12-14-18(15-13-17)25(27)28/h3-5,8-9,12-15,20,22H,2,6-7,10-11H2,1H3/t20-,22+/m0/s1. The van der Waals surface area contributed by atoms with Gasteiger partial charge in [-0.15, -0.1) is 0 Å². The molecule has 1 aliphatic heterocycles. The number of carbonyl (C=O) groups is 1. The topological polar surface area (TPSA) is 72.7 Å². The van der Waals surface area contributed by atoms with Gasteiger partial charge in [0.2, 0.25) is 0 Å². The molecular formula is C23H24N2O4. The third-order valence-corrected chi connectivity index (χ3v) is 5.78. The molecular weight excluding hydrogens is 368 g/mol. The van der Waals surface area contributed by atoms with Crippen LogP contribution in [0.5, 0.6) is 0 Å². The van der Waals surface area contributed by atoms with Crippen LogP contribution in [-0.2, 0) is 9.53 Å². The molecule has 2 aromatic rings. The normalized spacial score (nSPS) is 21.1. The molecule has 0 bridgehead atoms. The molecule has 4 rings (SSSR count). The molecule has 0 unspecified atom stereocenters. The molecule has 0 radical (unpaired) electrons. The molecule has 150 valence electrons. The van der Waals surface area contributed by atoms with Gasteiger partial charge in [0.25, 0.3) is 5.69 Å². The van der Waals surface area contributed by atoms with Crippen LogP contribution in [0.25, 0.3) is 0 Å². The summed E-state index contributed by atoms with van der Waals surface area (Å²) in [6.07, 6.45) is 3.99. The van der Waals surface area contributed by atoms with Gasteiger partial charge in [-0.2, -0.15) is 0 Å². The first-order chi connectivity index (χ1) is 14.1. The van der Waals surface area contributed by atoms with Crippen molar-refractivity contribution in [3.8, 4) is 0 Å². The summed E-state index contributed by atoms with van der Waals surface area (Å²) in [5.41, 5.74) is 3.86. The molecule has 29 heavy (non-hydrogen) atoms. The maximum Gasteiger partial charge on any atom is 0.336 e. The minimum atomic E-state index is -0.392. The Labute approximate surface area is 169 Å². The Kier molecular flexibility index (Phi) is 5.34. The van der Waals surface area contributed by atoms with Gasteiger partial charge in [0.1, 0.15) is 0 Å². The molecule has 1 fully saturated rings. The minimum Gasteiger partial charge on any atom is -0.463 e. The van der Waals surface area contributed by atoms with Crippen LogP contribution in [0, 0.1) is 10.1 Å². The van der Waals surface area contributed by atoms with Crippen molar-refractivity contribution in [2.75, 3.05) is 11.5 Å². The molecule has 0 spiro atoms. The molecule has 2 atom stereocenters. The molecule has 0 N–H and O–H groups in total. The second-order valence-corrected chi connectivity index (χ2v) is 7.41. The summed E-state index contributed by atoms with van der Waals surface area (Å²) < 4.78 is 5.45. The van der Waals surface area contributed by atoms with Crippen LogP contribution in [0.2, 0.25) is 0 Å². The Morgan fingerprint density at radius 1 is 1.14 bits per heavy atom. The highest BCUT2D eigenvalue weighted by atomic mass is 16.6. The number of nitro benzene ring substituents is 1. The van der Waals surface area contributed by atoms with Crippen LogP contribution in [-0.4, -0.2) is 23.5 Å². The second kappa shape index (κ2) is 8.07. The number of non-ortho nitro benzene ring substituents is 1. The number of fused-ring (bicyclic) bond motifs is 1. The molecule has 1 heterocycles. The number of hydrogen-bond donors (Lipinski definition) is 0. The Morgan fingerprint density at radius 2 is 1.86 bits per heavy atom. The van der Waals surface area contributed by atoms with E-state index in [1.165, 1.54) is 12.1 Å². The van der Waals surface area contributed by atoms with Crippen LogP contribution in [0.15, 0.2) is 65.7 Å². The van der Waals surface area contributed by atoms with E-state index in [9.17, 15) is 14.9 Å². The second-order valence-electron chi connectivity index (χ2n) is 7.41. The molecule has 1 aliphatic carbocycles. The van der Waals surface area contributed by atoms with Gasteiger partial charge in [0, 0.05) is 17.8 Å². The van der Waals surface area contributed by atoms with E-state index in [1.807, 2.05) is 37.3 Å². The van der Waals surface area contributed by atoms with Gasteiger partial charge in [0.15, 0.2) is 0 Å². The maximum atomic E-state index is 13.0. The molecule has 6 heteroatoms. The van der Waals surface area contributed by atoms with E-state index in [-0.39, 0.29) is 23.7 Å². The number of anilines is 1. The number of esters is 1. The Balaban J connectivity index is 1.84. The van der Waals surface area contributed by atoms with Gasteiger partial charge >= 0.3 is 5.97 Å². The zero-order chi connectivity index (χ0) is 20.4. The molecule has 0 saturated heterocycles. The van der Waals surface area contributed by atoms with E-state index in [4.69, 9.17) is 4.74 Å². The van der Waals surface area contributed by atoms with Crippen molar-refractivity contribution >= 4 is 17.3 Å². The lowest BCUT2D eigenvalue weighted by atomic mass is 9.88. The predicted octanol–water partition coefficient (Wildman–Crippen LogP) is 4.96. The van der Waals surface area contributed by atoms with E-state index in [1.54, 1.807) is 12.1 Å². The highest BCUT2D eigenvalue weighted by Gasteiger charge is 2.45. The fourth-order valence-electron chi connectivity index (χ4n) is 4.60. The molecule has 1 saturated carbocycles. The average molecular weight is 392 g/mol. The van der Waals surface area contributed by atoms with Crippen molar-refractivity contribution in [3.63, 3.8) is 0 Å². The van der Waals surface area contributed by atoms with E-state index in [0.717, 1.165) is 48.1 Å². The Hall–Kier alpha value is -3.15. The summed E-state index contributed by atoms with van der Waals surface area (Å²) in [7, 11) is 0. The first kappa shape index (κ1) is 19.2. The first-order valence-electron chi connectivity index (χ1n) is 10.1. The Bertz CT molecular complexity index is 937. The maximum absolute atomic E-state index is 13.0. The monoisotopic (exact) mass is 392 g/mol. The zero-order valence-corrected chi connectivity index (χ0v) is 16.4. The summed E-state index contributed by atoms with van der Waals surface area (Å²) in [5, 5.41) is 11.1. The summed E-state index contributed by atoms with van der Waals surface area (Å²) in [6, 6.07) is 16.4. The van der Waals surface area contributed by atoms with Gasteiger partial charge in [-0.3, -0.25) is 10.1 Å². The quantitative estimate of drug-likeness (QED) is 0.409. The third-order valence-electron chi connectivity index (χ3n) is 5.78. The van der Waals surface area contributed by atoms with Gasteiger partial charge in [-0.05, 0) is 49.5 Å². The van der Waals surface area contributed by atoms with Crippen molar-refractivity contribution in [1.29, 1.82) is 0 Å². The first-order valence-corrected chi connectivity index (χ1v) is 10.1. The highest BCUT2D eigenvalue weighted by Crippen LogP contribution is 2.49. The van der Waals surface area contributed by atoms with E-state index in [2.05, 4.69) is 4.90 Å². The molecule has 0 amide bonds. The van der Waals surface area contributed by atoms with Gasteiger partial charge in [-0.1, -0.05) is 36.8 Å². The number of benzene rings is 2. The van der Waals surface area contributed by atoms with Crippen molar-refractivity contribution in [2.24, 2.45) is 0 Å². The summed E-state index contributed by atoms with van der Waals surface area (Å²) in [4.78, 5) is 25.9. The number of ether oxygens (including phenoxy) is 1. The van der Waals surface area contributed by atoms with Gasteiger partial charge in [-0.25, -0.2) is 4.79 Å². The van der Waals surface area contributed by atoms with Crippen molar-refractivity contribution in [3.05, 3.63) is 81.4 Å². The number of carbonyl (C=O) groups excluding carboxylic acids is 1. The largest absolute Gasteiger partial charge is 0.463 e. The summed E-state index contributed by atoms with van der Waals surface area (Å²) >= 11 is 0. The number of hydrogen-bond acceptors (Lipinski definition) is 5. The highest BCUT2D eigenvalue weighted by molar-refractivity contribution is 5.94. The SMILES string of the molecule is CCOC(=O)C1=C2CCCC[C@@H]2N(c2ccc([N+](=O)[O-])cc2)[C@@H]1c1ccccc1. The lowest BCUT2D eigenvalue weighted by Crippen LogP contribution is -2.36. The Morgan fingerprint density at radius 3 is 2.52 bits per heavy atom. The lowest BCUT2D eigenvalue weighted by Gasteiger charge is -2.36. The van der Waals surface area contributed by atoms with Crippen LogP contribution in [0.3, 0.4) is 0 Å². The number of nitrogens with zero attached hydrogens (tertiary/aromatic N) is 2. The third kappa shape index (κ3) is 3.50. The summed E-state index contributed by atoms with van der Waals surface area (Å²) in [6.45, 7) is 2.15. The van der Waals surface area contributed by atoms with Crippen LogP contribution < -0.4 is 4.90 Å². The van der Waals surface area contributed by atoms with E-state index >= 15 is 0 Å². The average Bonchev–Trinajstić information content (AvgIpc) is 3.10. The van der Waals surface area contributed by atoms with Crippen LogP contribution >= 0.6 is 0 Å². The summed E-state index contributed by atoms with van der Waals surface area (Å²) in [5.74, 6) is -0.257. The number of rotatable bonds is 5. The molecule has 0 aromatic heterocycles. The van der Waals surface area contributed by atoms with Gasteiger partial charge in [0.05, 0.1) is 29.2 Å². The molecule has 6 nitrogen and oxygen atoms in total. The van der Waals surface area contributed by atoms with Crippen LogP contribution in [0.4, 0.5) is 11.4 Å². The van der Waals surface area contributed by atoms with Crippen molar-refractivity contribution in [2.45, 2.75) is 44.7 Å². The molecule has 2 aliphatic rings. The smallest absolute Gasteiger partial charge is 0.336 e. The van der Waals surface area contributed by atoms with E-state index < -0.39 is 4.92 Å². The van der Waals surface area contributed by atoms with E-state index in [0.29, 0.717) is 6.61 Å². The molecule has 2 aromatic carbocycles. The number of nitro groups is 1. The van der Waals surface area contributed by atoms with Crippen molar-refractivity contribution in [1.82, 2.24) is 0 Å².